The Morgan fingerprint density at radius 1 is 1.22 bits per heavy atom. The Morgan fingerprint density at radius 3 is 2.56 bits per heavy atom. The van der Waals surface area contributed by atoms with Gasteiger partial charge in [0, 0.05) is 30.9 Å². The fraction of sp³-hybridized carbons (Fsp3) is 0.211. The van der Waals surface area contributed by atoms with Gasteiger partial charge in [0.05, 0.1) is 31.2 Å². The minimum atomic E-state index is -0.246. The number of benzene rings is 1. The van der Waals surface area contributed by atoms with Gasteiger partial charge < -0.3 is 20.0 Å². The lowest BCUT2D eigenvalue weighted by atomic mass is 10.1. The molecule has 0 radical (unpaired) electrons. The van der Waals surface area contributed by atoms with Crippen molar-refractivity contribution in [1.29, 1.82) is 0 Å². The number of nitrogens with one attached hydrogen (secondary N) is 1. The first-order valence-electron chi connectivity index (χ1n) is 8.19. The number of amides is 1. The maximum atomic E-state index is 11.5. The average Bonchev–Trinajstić information content (AvgIpc) is 2.95. The maximum absolute atomic E-state index is 11.5. The first-order valence-corrected chi connectivity index (χ1v) is 8.19. The van der Waals surface area contributed by atoms with Crippen LogP contribution < -0.4 is 14.8 Å². The third-order valence-electron chi connectivity index (χ3n) is 4.04. The van der Waals surface area contributed by atoms with Crippen molar-refractivity contribution >= 4 is 11.6 Å². The van der Waals surface area contributed by atoms with Gasteiger partial charge in [0.2, 0.25) is 5.91 Å². The monoisotopic (exact) mass is 368 g/mol. The molecular weight excluding hydrogens is 348 g/mol. The van der Waals surface area contributed by atoms with Crippen molar-refractivity contribution in [2.75, 3.05) is 19.5 Å². The van der Waals surface area contributed by atoms with Crippen LogP contribution in [0.1, 0.15) is 12.6 Å². The summed E-state index contributed by atoms with van der Waals surface area (Å²) < 4.78 is 11.8. The molecule has 8 nitrogen and oxygen atoms in total. The summed E-state index contributed by atoms with van der Waals surface area (Å²) in [6.07, 6.45) is 3.30. The van der Waals surface area contributed by atoms with Gasteiger partial charge in [-0.1, -0.05) is 0 Å². The molecule has 0 saturated carbocycles. The van der Waals surface area contributed by atoms with Gasteiger partial charge in [-0.2, -0.15) is 4.73 Å². The molecule has 0 unspecified atom stereocenters. The fourth-order valence-corrected chi connectivity index (χ4v) is 2.89. The number of pyridine rings is 1. The molecule has 0 aliphatic carbocycles. The minimum absolute atomic E-state index is 0.246. The second kappa shape index (κ2) is 7.36. The number of hydrogen-bond donors (Lipinski definition) is 2. The summed E-state index contributed by atoms with van der Waals surface area (Å²) in [7, 11) is 3.01. The van der Waals surface area contributed by atoms with Gasteiger partial charge in [0.15, 0.2) is 5.82 Å². The SMILES string of the molecule is COc1cc(OC)c(-c2nc(C)c(-c3cccnc3)n2O)cc1NC(C)=O. The molecule has 0 aliphatic rings. The highest BCUT2D eigenvalue weighted by atomic mass is 16.5. The van der Waals surface area contributed by atoms with E-state index in [1.165, 1.54) is 21.1 Å². The number of carbonyl (C=O) groups excluding carboxylic acids is 1. The largest absolute Gasteiger partial charge is 0.496 e. The van der Waals surface area contributed by atoms with Crippen LogP contribution in [0, 0.1) is 6.92 Å². The number of imidazole rings is 1. The van der Waals surface area contributed by atoms with Crippen LogP contribution in [0.2, 0.25) is 0 Å². The number of rotatable bonds is 5. The summed E-state index contributed by atoms with van der Waals surface area (Å²) in [4.78, 5) is 20.1. The molecule has 2 heterocycles. The van der Waals surface area contributed by atoms with E-state index in [1.807, 2.05) is 6.07 Å². The number of nitrogens with zero attached hydrogens (tertiary/aromatic N) is 3. The van der Waals surface area contributed by atoms with Crippen molar-refractivity contribution in [2.24, 2.45) is 0 Å². The standard InChI is InChI=1S/C19H20N4O4/c1-11-18(13-6-5-7-20-10-13)23(25)19(21-11)14-8-15(22-12(2)24)17(27-4)9-16(14)26-3/h5-10,25H,1-4H3,(H,22,24). The molecule has 0 atom stereocenters. The minimum Gasteiger partial charge on any atom is -0.496 e. The molecule has 8 heteroatoms. The van der Waals surface area contributed by atoms with Gasteiger partial charge in [-0.15, -0.1) is 0 Å². The lowest BCUT2D eigenvalue weighted by Gasteiger charge is -2.15. The van der Waals surface area contributed by atoms with Crippen LogP contribution in [0.25, 0.3) is 22.6 Å². The van der Waals surface area contributed by atoms with Gasteiger partial charge in [-0.05, 0) is 25.1 Å². The molecule has 2 aromatic heterocycles. The van der Waals surface area contributed by atoms with E-state index in [0.717, 1.165) is 10.3 Å². The third kappa shape index (κ3) is 3.41. The molecule has 3 aromatic rings. The van der Waals surface area contributed by atoms with E-state index in [0.29, 0.717) is 34.1 Å². The van der Waals surface area contributed by atoms with Gasteiger partial charge in [-0.3, -0.25) is 9.78 Å². The first kappa shape index (κ1) is 18.2. The van der Waals surface area contributed by atoms with Crippen LogP contribution in [0.4, 0.5) is 5.69 Å². The highest BCUT2D eigenvalue weighted by Gasteiger charge is 2.22. The number of anilines is 1. The summed E-state index contributed by atoms with van der Waals surface area (Å²) in [5, 5.41) is 13.5. The van der Waals surface area contributed by atoms with E-state index >= 15 is 0 Å². The van der Waals surface area contributed by atoms with E-state index in [2.05, 4.69) is 15.3 Å². The Bertz CT molecular complexity index is 983. The molecule has 3 rings (SSSR count). The fourth-order valence-electron chi connectivity index (χ4n) is 2.89. The van der Waals surface area contributed by atoms with Crippen molar-refractivity contribution in [3.05, 3.63) is 42.4 Å². The Morgan fingerprint density at radius 2 is 1.96 bits per heavy atom. The van der Waals surface area contributed by atoms with Crippen molar-refractivity contribution < 1.29 is 19.5 Å². The molecule has 0 spiro atoms. The predicted molar refractivity (Wildman–Crippen MR) is 100 cm³/mol. The molecule has 1 amide bonds. The third-order valence-corrected chi connectivity index (χ3v) is 4.04. The van der Waals surface area contributed by atoms with E-state index in [1.54, 1.807) is 37.5 Å². The van der Waals surface area contributed by atoms with Crippen LogP contribution in [0.5, 0.6) is 11.5 Å². The Kier molecular flexibility index (Phi) is 4.98. The average molecular weight is 368 g/mol. The number of ether oxygens (including phenoxy) is 2. The van der Waals surface area contributed by atoms with Gasteiger partial charge >= 0.3 is 0 Å². The number of aromatic nitrogens is 3. The number of methoxy groups -OCH3 is 2. The van der Waals surface area contributed by atoms with Crippen LogP contribution >= 0.6 is 0 Å². The van der Waals surface area contributed by atoms with Crippen molar-refractivity contribution in [3.8, 4) is 34.1 Å². The van der Waals surface area contributed by atoms with Gasteiger partial charge in [0.25, 0.3) is 0 Å². The van der Waals surface area contributed by atoms with Crippen LogP contribution in [-0.4, -0.2) is 40.0 Å². The quantitative estimate of drug-likeness (QED) is 0.672. The van der Waals surface area contributed by atoms with Crippen LogP contribution in [0.3, 0.4) is 0 Å². The summed E-state index contributed by atoms with van der Waals surface area (Å²) in [5.41, 5.74) is 2.83. The molecule has 140 valence electrons. The molecule has 0 aliphatic heterocycles. The lowest BCUT2D eigenvalue weighted by molar-refractivity contribution is -0.114. The zero-order valence-electron chi connectivity index (χ0n) is 15.5. The zero-order valence-corrected chi connectivity index (χ0v) is 15.5. The molecule has 27 heavy (non-hydrogen) atoms. The summed E-state index contributed by atoms with van der Waals surface area (Å²) in [6.45, 7) is 3.20. The second-order valence-corrected chi connectivity index (χ2v) is 5.86. The second-order valence-electron chi connectivity index (χ2n) is 5.86. The first-order chi connectivity index (χ1) is 13.0. The van der Waals surface area contributed by atoms with Crippen molar-refractivity contribution in [1.82, 2.24) is 14.7 Å². The number of carbonyl (C=O) groups is 1. The number of hydrogen-bond acceptors (Lipinski definition) is 6. The van der Waals surface area contributed by atoms with E-state index < -0.39 is 0 Å². The molecule has 0 saturated heterocycles. The Labute approximate surface area is 156 Å². The summed E-state index contributed by atoms with van der Waals surface area (Å²) in [6, 6.07) is 6.90. The summed E-state index contributed by atoms with van der Waals surface area (Å²) in [5.74, 6) is 0.909. The summed E-state index contributed by atoms with van der Waals surface area (Å²) >= 11 is 0. The lowest BCUT2D eigenvalue weighted by Crippen LogP contribution is -2.08. The topological polar surface area (TPSA) is 98.5 Å². The van der Waals surface area contributed by atoms with Gasteiger partial charge in [0.1, 0.15) is 17.2 Å². The Balaban J connectivity index is 2.20. The Hall–Kier alpha value is -3.55. The normalized spacial score (nSPS) is 10.5. The van der Waals surface area contributed by atoms with Gasteiger partial charge in [-0.25, -0.2) is 4.98 Å². The van der Waals surface area contributed by atoms with E-state index in [4.69, 9.17) is 9.47 Å². The smallest absolute Gasteiger partial charge is 0.221 e. The predicted octanol–water partition coefficient (Wildman–Crippen LogP) is 3.13. The zero-order chi connectivity index (χ0) is 19.6. The molecule has 0 bridgehead atoms. The van der Waals surface area contributed by atoms with Crippen molar-refractivity contribution in [2.45, 2.75) is 13.8 Å². The van der Waals surface area contributed by atoms with Crippen molar-refractivity contribution in [3.63, 3.8) is 0 Å². The molecule has 1 aromatic carbocycles. The molecule has 2 N–H and O–H groups in total. The van der Waals surface area contributed by atoms with E-state index in [-0.39, 0.29) is 11.7 Å². The highest BCUT2D eigenvalue weighted by Crippen LogP contribution is 2.39. The molecular formula is C19H20N4O4. The van der Waals surface area contributed by atoms with Crippen LogP contribution in [-0.2, 0) is 4.79 Å². The number of aryl methyl sites for hydroxylation is 1. The maximum Gasteiger partial charge on any atom is 0.221 e. The highest BCUT2D eigenvalue weighted by molar-refractivity contribution is 5.92. The molecule has 0 fully saturated rings. The van der Waals surface area contributed by atoms with E-state index in [9.17, 15) is 10.0 Å². The van der Waals surface area contributed by atoms with Crippen LogP contribution in [0.15, 0.2) is 36.7 Å².